The molecule has 0 radical (unpaired) electrons. The van der Waals surface area contributed by atoms with Gasteiger partial charge in [0.05, 0.1) is 11.4 Å². The van der Waals surface area contributed by atoms with Crippen LogP contribution in [0.1, 0.15) is 39.1 Å². The van der Waals surface area contributed by atoms with Gasteiger partial charge in [-0.3, -0.25) is 9.48 Å². The number of oxazole rings is 1. The number of aromatic nitrogens is 3. The molecule has 0 N–H and O–H groups in total. The number of carbonyl (C=O) groups excluding carboxylic acids is 1. The summed E-state index contributed by atoms with van der Waals surface area (Å²) in [7, 11) is 3.66. The highest BCUT2D eigenvalue weighted by atomic mass is 16.4. The smallest absolute Gasteiger partial charge is 0.291 e. The largest absolute Gasteiger partial charge is 0.436 e. The highest BCUT2D eigenvalue weighted by Gasteiger charge is 2.22. The van der Waals surface area contributed by atoms with Crippen molar-refractivity contribution < 1.29 is 9.21 Å². The lowest BCUT2D eigenvalue weighted by molar-refractivity contribution is 0.0750. The van der Waals surface area contributed by atoms with E-state index in [0.717, 1.165) is 17.0 Å². The fourth-order valence-corrected chi connectivity index (χ4v) is 2.26. The first kappa shape index (κ1) is 14.3. The summed E-state index contributed by atoms with van der Waals surface area (Å²) in [6.45, 7) is 7.96. The second-order valence-corrected chi connectivity index (χ2v) is 5.08. The zero-order valence-corrected chi connectivity index (χ0v) is 12.8. The predicted molar refractivity (Wildman–Crippen MR) is 74.5 cm³/mol. The number of aryl methyl sites for hydroxylation is 4. The number of rotatable bonds is 3. The van der Waals surface area contributed by atoms with E-state index in [1.807, 2.05) is 25.6 Å². The molecule has 2 aromatic rings. The number of hydrogen-bond acceptors (Lipinski definition) is 4. The lowest BCUT2D eigenvalue weighted by Gasteiger charge is -2.16. The van der Waals surface area contributed by atoms with Crippen LogP contribution >= 0.6 is 0 Å². The van der Waals surface area contributed by atoms with Gasteiger partial charge in [-0.25, -0.2) is 4.98 Å². The molecule has 0 spiro atoms. The number of carbonyl (C=O) groups is 1. The number of amides is 1. The van der Waals surface area contributed by atoms with Crippen molar-refractivity contribution >= 4 is 5.91 Å². The zero-order valence-electron chi connectivity index (χ0n) is 12.8. The first-order valence-electron chi connectivity index (χ1n) is 6.49. The highest BCUT2D eigenvalue weighted by molar-refractivity contribution is 5.92. The van der Waals surface area contributed by atoms with Gasteiger partial charge in [-0.1, -0.05) is 0 Å². The van der Waals surface area contributed by atoms with Gasteiger partial charge in [0.25, 0.3) is 5.91 Å². The van der Waals surface area contributed by atoms with E-state index in [2.05, 4.69) is 10.1 Å². The third-order valence-corrected chi connectivity index (χ3v) is 3.50. The van der Waals surface area contributed by atoms with E-state index in [9.17, 15) is 4.79 Å². The van der Waals surface area contributed by atoms with Crippen LogP contribution in [0.3, 0.4) is 0 Å². The molecule has 0 aromatic carbocycles. The quantitative estimate of drug-likeness (QED) is 0.859. The molecule has 0 aliphatic carbocycles. The first-order chi connectivity index (χ1) is 9.31. The van der Waals surface area contributed by atoms with E-state index in [-0.39, 0.29) is 5.91 Å². The van der Waals surface area contributed by atoms with Gasteiger partial charge in [0.15, 0.2) is 5.89 Å². The summed E-state index contributed by atoms with van der Waals surface area (Å²) in [5, 5.41) is 4.36. The van der Waals surface area contributed by atoms with Crippen LogP contribution in [0.4, 0.5) is 0 Å². The first-order valence-corrected chi connectivity index (χ1v) is 6.49. The van der Waals surface area contributed by atoms with Crippen molar-refractivity contribution in [1.82, 2.24) is 19.7 Å². The minimum Gasteiger partial charge on any atom is -0.436 e. The molecule has 6 heteroatoms. The Balaban J connectivity index is 2.22. The minimum atomic E-state index is -0.161. The second kappa shape index (κ2) is 5.11. The van der Waals surface area contributed by atoms with Gasteiger partial charge in [-0.2, -0.15) is 5.10 Å². The summed E-state index contributed by atoms with van der Waals surface area (Å²) in [5.41, 5.74) is 3.69. The van der Waals surface area contributed by atoms with Gasteiger partial charge < -0.3 is 9.32 Å². The predicted octanol–water partition coefficient (Wildman–Crippen LogP) is 1.91. The number of nitrogens with zero attached hydrogens (tertiary/aromatic N) is 4. The fourth-order valence-electron chi connectivity index (χ4n) is 2.26. The molecule has 0 aliphatic heterocycles. The lowest BCUT2D eigenvalue weighted by Crippen LogP contribution is -2.27. The van der Waals surface area contributed by atoms with Crippen molar-refractivity contribution in [2.75, 3.05) is 7.05 Å². The summed E-state index contributed by atoms with van der Waals surface area (Å²) in [6, 6.07) is 0. The fraction of sp³-hybridized carbons (Fsp3) is 0.500. The van der Waals surface area contributed by atoms with E-state index in [1.165, 1.54) is 0 Å². The molecule has 2 rings (SSSR count). The van der Waals surface area contributed by atoms with E-state index in [1.54, 1.807) is 25.8 Å². The molecule has 2 aromatic heterocycles. The minimum absolute atomic E-state index is 0.161. The topological polar surface area (TPSA) is 64.2 Å². The van der Waals surface area contributed by atoms with Crippen LogP contribution in [0.5, 0.6) is 0 Å². The third kappa shape index (κ3) is 2.45. The maximum absolute atomic E-state index is 12.4. The molecule has 0 saturated heterocycles. The molecular weight excluding hydrogens is 256 g/mol. The van der Waals surface area contributed by atoms with Gasteiger partial charge in [-0.15, -0.1) is 0 Å². The van der Waals surface area contributed by atoms with Gasteiger partial charge in [0, 0.05) is 38.8 Å². The molecule has 1 amide bonds. The van der Waals surface area contributed by atoms with Crippen LogP contribution < -0.4 is 0 Å². The summed E-state index contributed by atoms with van der Waals surface area (Å²) in [4.78, 5) is 18.1. The van der Waals surface area contributed by atoms with Crippen LogP contribution in [0.15, 0.2) is 4.42 Å². The molecule has 6 nitrogen and oxygen atoms in total. The summed E-state index contributed by atoms with van der Waals surface area (Å²) >= 11 is 0. The molecule has 0 bridgehead atoms. The zero-order chi connectivity index (χ0) is 15.0. The van der Waals surface area contributed by atoms with Crippen molar-refractivity contribution in [2.45, 2.75) is 34.2 Å². The van der Waals surface area contributed by atoms with Gasteiger partial charge in [0.1, 0.15) is 0 Å². The summed E-state index contributed by atoms with van der Waals surface area (Å²) < 4.78 is 7.20. The van der Waals surface area contributed by atoms with E-state index in [4.69, 9.17) is 4.42 Å². The molecule has 2 heterocycles. The Morgan fingerprint density at radius 3 is 2.35 bits per heavy atom. The van der Waals surface area contributed by atoms with Crippen LogP contribution in [0.2, 0.25) is 0 Å². The van der Waals surface area contributed by atoms with E-state index in [0.29, 0.717) is 23.9 Å². The third-order valence-electron chi connectivity index (χ3n) is 3.50. The monoisotopic (exact) mass is 276 g/mol. The van der Waals surface area contributed by atoms with Crippen molar-refractivity contribution in [3.8, 4) is 0 Å². The molecule has 0 saturated carbocycles. The highest BCUT2D eigenvalue weighted by Crippen LogP contribution is 2.17. The molecule has 0 fully saturated rings. The van der Waals surface area contributed by atoms with Gasteiger partial charge in [0.2, 0.25) is 5.76 Å². The molecule has 0 unspecified atom stereocenters. The van der Waals surface area contributed by atoms with Crippen LogP contribution in [0, 0.1) is 27.7 Å². The molecular formula is C14H20N4O2. The van der Waals surface area contributed by atoms with Crippen molar-refractivity contribution in [3.05, 3.63) is 34.3 Å². The second-order valence-electron chi connectivity index (χ2n) is 5.08. The molecule has 0 atom stereocenters. The Kier molecular flexibility index (Phi) is 3.65. The van der Waals surface area contributed by atoms with E-state index < -0.39 is 0 Å². The Bertz CT molecular complexity index is 654. The van der Waals surface area contributed by atoms with Gasteiger partial charge >= 0.3 is 0 Å². The SMILES string of the molecule is Cc1nc(C)c(C(=O)N(C)Cc2c(C)nn(C)c2C)o1. The molecule has 20 heavy (non-hydrogen) atoms. The maximum atomic E-state index is 12.4. The van der Waals surface area contributed by atoms with Crippen molar-refractivity contribution in [1.29, 1.82) is 0 Å². The summed E-state index contributed by atoms with van der Waals surface area (Å²) in [6.07, 6.45) is 0. The van der Waals surface area contributed by atoms with Gasteiger partial charge in [-0.05, 0) is 20.8 Å². The van der Waals surface area contributed by atoms with Crippen molar-refractivity contribution in [2.24, 2.45) is 7.05 Å². The van der Waals surface area contributed by atoms with Crippen LogP contribution in [0.25, 0.3) is 0 Å². The molecule has 0 aliphatic rings. The average molecular weight is 276 g/mol. The Hall–Kier alpha value is -2.11. The summed E-state index contributed by atoms with van der Waals surface area (Å²) in [5.74, 6) is 0.655. The average Bonchev–Trinajstić information content (AvgIpc) is 2.82. The van der Waals surface area contributed by atoms with E-state index >= 15 is 0 Å². The normalized spacial score (nSPS) is 10.9. The Labute approximate surface area is 118 Å². The standard InChI is InChI=1S/C14H20N4O2/c1-8-12(10(3)18(6)16-8)7-17(5)14(19)13-9(2)15-11(4)20-13/h7H2,1-6H3. The van der Waals surface area contributed by atoms with Crippen LogP contribution in [-0.2, 0) is 13.6 Å². The van der Waals surface area contributed by atoms with Crippen molar-refractivity contribution in [3.63, 3.8) is 0 Å². The molecule has 108 valence electrons. The Morgan fingerprint density at radius 1 is 1.25 bits per heavy atom. The number of hydrogen-bond donors (Lipinski definition) is 0. The maximum Gasteiger partial charge on any atom is 0.291 e. The Morgan fingerprint density at radius 2 is 1.90 bits per heavy atom. The lowest BCUT2D eigenvalue weighted by atomic mass is 10.2. The van der Waals surface area contributed by atoms with Crippen LogP contribution in [-0.4, -0.2) is 32.6 Å².